The molecule has 6 nitrogen and oxygen atoms in total. The summed E-state index contributed by atoms with van der Waals surface area (Å²) in [5.74, 6) is 0.775. The van der Waals surface area contributed by atoms with Crippen LogP contribution in [0.25, 0.3) is 0 Å². The Hall–Kier alpha value is -1.73. The number of nitrogens with zero attached hydrogens (tertiary/aromatic N) is 3. The minimum atomic E-state index is -0.250. The highest BCUT2D eigenvalue weighted by atomic mass is 32.1. The summed E-state index contributed by atoms with van der Waals surface area (Å²) >= 11 is 1.41. The van der Waals surface area contributed by atoms with Crippen LogP contribution in [0.3, 0.4) is 0 Å². The first-order chi connectivity index (χ1) is 9.60. The molecule has 2 heterocycles. The van der Waals surface area contributed by atoms with Crippen LogP contribution in [0.15, 0.2) is 17.8 Å². The number of ether oxygens (including phenoxy) is 1. The van der Waals surface area contributed by atoms with E-state index < -0.39 is 0 Å². The van der Waals surface area contributed by atoms with E-state index in [1.54, 1.807) is 18.7 Å². The number of anilines is 1. The van der Waals surface area contributed by atoms with Gasteiger partial charge < -0.3 is 9.30 Å². The van der Waals surface area contributed by atoms with E-state index in [9.17, 15) is 4.79 Å². The molecule has 2 aromatic heterocycles. The Labute approximate surface area is 121 Å². The molecule has 20 heavy (non-hydrogen) atoms. The molecular formula is C13H18N4O2S. The molecule has 0 aliphatic carbocycles. The molecule has 0 radical (unpaired) electrons. The van der Waals surface area contributed by atoms with Crippen LogP contribution in [-0.2, 0) is 17.9 Å². The number of methoxy groups -OCH3 is 1. The molecule has 1 N–H and O–H groups in total. The predicted molar refractivity (Wildman–Crippen MR) is 77.8 cm³/mol. The quantitative estimate of drug-likeness (QED) is 0.888. The topological polar surface area (TPSA) is 69.0 Å². The second kappa shape index (κ2) is 6.62. The fourth-order valence-corrected chi connectivity index (χ4v) is 2.49. The van der Waals surface area contributed by atoms with Gasteiger partial charge in [-0.2, -0.15) is 0 Å². The van der Waals surface area contributed by atoms with Gasteiger partial charge in [0, 0.05) is 31.4 Å². The average Bonchev–Trinajstić information content (AvgIpc) is 2.99. The number of imidazole rings is 1. The van der Waals surface area contributed by atoms with Crippen LogP contribution in [0.5, 0.6) is 0 Å². The van der Waals surface area contributed by atoms with Crippen LogP contribution in [0.1, 0.15) is 29.3 Å². The van der Waals surface area contributed by atoms with E-state index >= 15 is 0 Å². The van der Waals surface area contributed by atoms with Crippen LogP contribution in [-0.4, -0.2) is 27.6 Å². The van der Waals surface area contributed by atoms with Crippen molar-refractivity contribution in [1.29, 1.82) is 0 Å². The molecule has 108 valence electrons. The SMILES string of the molecule is COCc1nc(C(=O)Nc2nccn2CC(C)C)cs1. The first kappa shape index (κ1) is 14.7. The highest BCUT2D eigenvalue weighted by Crippen LogP contribution is 2.13. The molecular weight excluding hydrogens is 276 g/mol. The van der Waals surface area contributed by atoms with E-state index in [0.29, 0.717) is 24.2 Å². The van der Waals surface area contributed by atoms with E-state index in [0.717, 1.165) is 11.6 Å². The van der Waals surface area contributed by atoms with Gasteiger partial charge in [0.2, 0.25) is 5.95 Å². The fourth-order valence-electron chi connectivity index (χ4n) is 1.74. The minimum absolute atomic E-state index is 0.250. The Balaban J connectivity index is 2.05. The third-order valence-electron chi connectivity index (χ3n) is 2.55. The molecule has 0 aromatic carbocycles. The molecule has 0 atom stereocenters. The second-order valence-electron chi connectivity index (χ2n) is 4.81. The Morgan fingerprint density at radius 3 is 3.05 bits per heavy atom. The zero-order chi connectivity index (χ0) is 14.5. The summed E-state index contributed by atoms with van der Waals surface area (Å²) in [6.07, 6.45) is 3.53. The van der Waals surface area contributed by atoms with E-state index in [-0.39, 0.29) is 5.91 Å². The molecule has 0 aliphatic rings. The van der Waals surface area contributed by atoms with Gasteiger partial charge in [-0.3, -0.25) is 10.1 Å². The summed E-state index contributed by atoms with van der Waals surface area (Å²) in [7, 11) is 1.60. The predicted octanol–water partition coefficient (Wildman–Crippen LogP) is 2.39. The number of carbonyl (C=O) groups is 1. The van der Waals surface area contributed by atoms with Crippen LogP contribution in [0, 0.1) is 5.92 Å². The number of amides is 1. The lowest BCUT2D eigenvalue weighted by Crippen LogP contribution is -2.17. The monoisotopic (exact) mass is 294 g/mol. The van der Waals surface area contributed by atoms with Crippen molar-refractivity contribution in [2.45, 2.75) is 27.0 Å². The lowest BCUT2D eigenvalue weighted by molar-refractivity contribution is 0.102. The average molecular weight is 294 g/mol. The van der Waals surface area contributed by atoms with Gasteiger partial charge in [0.05, 0.1) is 6.61 Å². The number of carbonyl (C=O) groups excluding carboxylic acids is 1. The van der Waals surface area contributed by atoms with Gasteiger partial charge in [-0.05, 0) is 5.92 Å². The molecule has 2 rings (SSSR count). The van der Waals surface area contributed by atoms with Crippen molar-refractivity contribution >= 4 is 23.2 Å². The third kappa shape index (κ3) is 3.64. The molecule has 0 fully saturated rings. The van der Waals surface area contributed by atoms with Gasteiger partial charge in [-0.1, -0.05) is 13.8 Å². The number of aromatic nitrogens is 3. The fraction of sp³-hybridized carbons (Fsp3) is 0.462. The minimum Gasteiger partial charge on any atom is -0.378 e. The Morgan fingerprint density at radius 1 is 1.55 bits per heavy atom. The molecule has 2 aromatic rings. The van der Waals surface area contributed by atoms with Crippen molar-refractivity contribution in [3.05, 3.63) is 28.5 Å². The smallest absolute Gasteiger partial charge is 0.277 e. The summed E-state index contributed by atoms with van der Waals surface area (Å²) in [5.41, 5.74) is 0.390. The van der Waals surface area contributed by atoms with E-state index in [2.05, 4.69) is 29.1 Å². The number of rotatable bonds is 6. The van der Waals surface area contributed by atoms with Gasteiger partial charge in [0.1, 0.15) is 10.7 Å². The number of nitrogens with one attached hydrogen (secondary N) is 1. The van der Waals surface area contributed by atoms with E-state index in [4.69, 9.17) is 4.74 Å². The molecule has 0 aliphatic heterocycles. The highest BCUT2D eigenvalue weighted by molar-refractivity contribution is 7.09. The van der Waals surface area contributed by atoms with Gasteiger partial charge in [-0.25, -0.2) is 9.97 Å². The maximum absolute atomic E-state index is 12.1. The summed E-state index contributed by atoms with van der Waals surface area (Å²) < 4.78 is 6.91. The number of hydrogen-bond acceptors (Lipinski definition) is 5. The largest absolute Gasteiger partial charge is 0.378 e. The van der Waals surface area contributed by atoms with Gasteiger partial charge >= 0.3 is 0 Å². The van der Waals surface area contributed by atoms with Crippen LogP contribution < -0.4 is 5.32 Å². The Morgan fingerprint density at radius 2 is 2.35 bits per heavy atom. The maximum Gasteiger partial charge on any atom is 0.277 e. The maximum atomic E-state index is 12.1. The Kier molecular flexibility index (Phi) is 4.86. The lowest BCUT2D eigenvalue weighted by atomic mass is 10.2. The lowest BCUT2D eigenvalue weighted by Gasteiger charge is -2.10. The molecule has 0 saturated heterocycles. The molecule has 0 saturated carbocycles. The zero-order valence-electron chi connectivity index (χ0n) is 11.8. The summed E-state index contributed by atoms with van der Waals surface area (Å²) in [4.78, 5) is 20.5. The van der Waals surface area contributed by atoms with Gasteiger partial charge in [0.15, 0.2) is 0 Å². The van der Waals surface area contributed by atoms with Crippen LogP contribution in [0.4, 0.5) is 5.95 Å². The molecule has 0 bridgehead atoms. The number of hydrogen-bond donors (Lipinski definition) is 1. The van der Waals surface area contributed by atoms with Crippen molar-refractivity contribution in [2.75, 3.05) is 12.4 Å². The molecule has 7 heteroatoms. The first-order valence-electron chi connectivity index (χ1n) is 6.36. The van der Waals surface area contributed by atoms with Crippen molar-refractivity contribution < 1.29 is 9.53 Å². The van der Waals surface area contributed by atoms with E-state index in [1.807, 2.05) is 10.8 Å². The van der Waals surface area contributed by atoms with Crippen LogP contribution >= 0.6 is 11.3 Å². The normalized spacial score (nSPS) is 11.0. The van der Waals surface area contributed by atoms with Crippen LogP contribution in [0.2, 0.25) is 0 Å². The number of thiazole rings is 1. The second-order valence-corrected chi connectivity index (χ2v) is 5.75. The first-order valence-corrected chi connectivity index (χ1v) is 7.24. The van der Waals surface area contributed by atoms with Crippen molar-refractivity contribution in [2.24, 2.45) is 5.92 Å². The summed E-state index contributed by atoms with van der Waals surface area (Å²) in [6, 6.07) is 0. The van der Waals surface area contributed by atoms with Gasteiger partial charge in [0.25, 0.3) is 5.91 Å². The van der Waals surface area contributed by atoms with Crippen molar-refractivity contribution in [1.82, 2.24) is 14.5 Å². The third-order valence-corrected chi connectivity index (χ3v) is 3.38. The molecule has 1 amide bonds. The summed E-state index contributed by atoms with van der Waals surface area (Å²) in [6.45, 7) is 5.45. The standard InChI is InChI=1S/C13H18N4O2S/c1-9(2)6-17-5-4-14-13(17)16-12(18)10-8-20-11(15-10)7-19-3/h4-5,8-9H,6-7H2,1-3H3,(H,14,16,18). The molecule has 0 unspecified atom stereocenters. The van der Waals surface area contributed by atoms with Crippen molar-refractivity contribution in [3.8, 4) is 0 Å². The Bertz CT molecular complexity index is 576. The highest BCUT2D eigenvalue weighted by Gasteiger charge is 2.14. The van der Waals surface area contributed by atoms with Gasteiger partial charge in [-0.15, -0.1) is 11.3 Å². The van der Waals surface area contributed by atoms with Crippen molar-refractivity contribution in [3.63, 3.8) is 0 Å². The van der Waals surface area contributed by atoms with E-state index in [1.165, 1.54) is 11.3 Å². The summed E-state index contributed by atoms with van der Waals surface area (Å²) in [5, 5.41) is 5.29. The zero-order valence-corrected chi connectivity index (χ0v) is 12.6. The molecule has 0 spiro atoms.